The van der Waals surface area contributed by atoms with E-state index in [1.54, 1.807) is 10.9 Å². The molecule has 0 atom stereocenters. The van der Waals surface area contributed by atoms with Gasteiger partial charge in [-0.3, -0.25) is 19.2 Å². The second-order valence-electron chi connectivity index (χ2n) is 14.0. The average Bonchev–Trinajstić information content (AvgIpc) is 3.72. The first kappa shape index (κ1) is 34.1. The first-order chi connectivity index (χ1) is 24.8. The van der Waals surface area contributed by atoms with Crippen molar-refractivity contribution in [2.24, 2.45) is 7.05 Å². The molecule has 1 spiro atoms. The number of hydrogen-bond acceptors (Lipinski definition) is 10. The molecule has 1 aromatic carbocycles. The molecule has 13 nitrogen and oxygen atoms in total. The van der Waals surface area contributed by atoms with E-state index in [2.05, 4.69) is 31.7 Å². The molecular formula is C38H45N11O2. The zero-order chi connectivity index (χ0) is 35.4. The predicted octanol–water partition coefficient (Wildman–Crippen LogP) is 4.28. The Kier molecular flexibility index (Phi) is 9.94. The highest BCUT2D eigenvalue weighted by atomic mass is 16.2. The number of carbonyl (C=O) groups is 2. The highest BCUT2D eigenvalue weighted by Gasteiger charge is 2.45. The summed E-state index contributed by atoms with van der Waals surface area (Å²) < 4.78 is 1.76. The Morgan fingerprint density at radius 2 is 1.76 bits per heavy atom. The van der Waals surface area contributed by atoms with Crippen LogP contribution in [0.5, 0.6) is 0 Å². The Labute approximate surface area is 298 Å². The summed E-state index contributed by atoms with van der Waals surface area (Å²) in [5, 5.41) is 21.0. The Bertz CT molecular complexity index is 1870. The maximum Gasteiger partial charge on any atom is 0.242 e. The summed E-state index contributed by atoms with van der Waals surface area (Å²) in [5.41, 5.74) is 3.41. The lowest BCUT2D eigenvalue weighted by molar-refractivity contribution is -0.130. The van der Waals surface area contributed by atoms with Gasteiger partial charge in [-0.2, -0.15) is 15.3 Å². The molecule has 2 N–H and O–H groups in total. The number of nitrogens with zero attached hydrogens (tertiary/aromatic N) is 9. The molecule has 3 fully saturated rings. The van der Waals surface area contributed by atoms with Crippen molar-refractivity contribution in [3.8, 4) is 17.2 Å². The molecule has 0 bridgehead atoms. The molecule has 264 valence electrons. The number of nitriles is 1. The summed E-state index contributed by atoms with van der Waals surface area (Å²) in [6, 6.07) is 16.4. The molecule has 51 heavy (non-hydrogen) atoms. The number of likely N-dealkylation sites (tertiary alicyclic amines) is 1. The van der Waals surface area contributed by atoms with Crippen LogP contribution in [-0.2, 0) is 23.2 Å². The van der Waals surface area contributed by atoms with Gasteiger partial charge >= 0.3 is 0 Å². The molecule has 2 saturated heterocycles. The zero-order valence-electron chi connectivity index (χ0n) is 29.3. The van der Waals surface area contributed by atoms with Gasteiger partial charge in [0, 0.05) is 81.3 Å². The number of carbonyl (C=O) groups excluding carboxylic acids is 2. The number of piperidine rings is 1. The number of hydrogen-bond donors (Lipinski definition) is 2. The Morgan fingerprint density at radius 1 is 0.980 bits per heavy atom. The van der Waals surface area contributed by atoms with Crippen molar-refractivity contribution in [1.82, 2.24) is 34.9 Å². The summed E-state index contributed by atoms with van der Waals surface area (Å²) in [4.78, 5) is 46.2. The van der Waals surface area contributed by atoms with Crippen LogP contribution in [0.3, 0.4) is 0 Å². The van der Waals surface area contributed by atoms with E-state index in [0.717, 1.165) is 74.7 Å². The average molecular weight is 688 g/mol. The molecule has 1 aliphatic carbocycles. The highest BCUT2D eigenvalue weighted by molar-refractivity contribution is 5.94. The van der Waals surface area contributed by atoms with Crippen molar-refractivity contribution in [3.05, 3.63) is 78.4 Å². The van der Waals surface area contributed by atoms with Gasteiger partial charge in [-0.1, -0.05) is 30.3 Å². The van der Waals surface area contributed by atoms with Gasteiger partial charge in [0.1, 0.15) is 17.5 Å². The van der Waals surface area contributed by atoms with Gasteiger partial charge in [0.25, 0.3) is 0 Å². The van der Waals surface area contributed by atoms with Crippen LogP contribution < -0.4 is 20.4 Å². The molecular weight excluding hydrogens is 642 g/mol. The summed E-state index contributed by atoms with van der Waals surface area (Å²) in [6.07, 6.45) is 13.6. The largest absolute Gasteiger partial charge is 0.355 e. The van der Waals surface area contributed by atoms with Gasteiger partial charge in [-0.05, 0) is 62.6 Å². The maximum absolute atomic E-state index is 13.9. The molecule has 4 aromatic rings. The van der Waals surface area contributed by atoms with E-state index in [9.17, 15) is 14.9 Å². The first-order valence-corrected chi connectivity index (χ1v) is 17.9. The van der Waals surface area contributed by atoms with Crippen LogP contribution in [0.1, 0.15) is 62.5 Å². The van der Waals surface area contributed by atoms with Crippen molar-refractivity contribution in [2.45, 2.75) is 75.5 Å². The van der Waals surface area contributed by atoms with Crippen LogP contribution in [-0.4, -0.2) is 85.8 Å². The van der Waals surface area contributed by atoms with Crippen LogP contribution in [0.25, 0.3) is 11.1 Å². The van der Waals surface area contributed by atoms with E-state index < -0.39 is 0 Å². The van der Waals surface area contributed by atoms with E-state index in [0.29, 0.717) is 36.1 Å². The highest BCUT2D eigenvalue weighted by Crippen LogP contribution is 2.39. The van der Waals surface area contributed by atoms with Crippen molar-refractivity contribution < 1.29 is 9.59 Å². The quantitative estimate of drug-likeness (QED) is 0.248. The Balaban J connectivity index is 1.01. The predicted molar refractivity (Wildman–Crippen MR) is 195 cm³/mol. The molecule has 13 heteroatoms. The van der Waals surface area contributed by atoms with E-state index >= 15 is 0 Å². The number of benzene rings is 1. The zero-order valence-corrected chi connectivity index (χ0v) is 29.3. The first-order valence-electron chi connectivity index (χ1n) is 17.9. The van der Waals surface area contributed by atoms with Gasteiger partial charge in [0.15, 0.2) is 5.82 Å². The van der Waals surface area contributed by atoms with Crippen LogP contribution in [0.4, 0.5) is 17.6 Å². The number of aryl methyl sites for hydroxylation is 1. The lowest BCUT2D eigenvalue weighted by Crippen LogP contribution is -2.52. The topological polar surface area (TPSA) is 148 Å². The van der Waals surface area contributed by atoms with Gasteiger partial charge in [-0.15, -0.1) is 0 Å². The summed E-state index contributed by atoms with van der Waals surface area (Å²) >= 11 is 0. The SMILES string of the molecule is CN1C(=O)CCC12CCN(c1nc(N[C@H]3CC[C@H](N(C(=O)CNCc4ccccc4)c4ccc(-c5cnn(C)c5)cn4)CC3)ncc1C#N)CC2. The number of aromatic nitrogens is 5. The van der Waals surface area contributed by atoms with E-state index in [1.807, 2.05) is 85.0 Å². The second kappa shape index (κ2) is 14.9. The summed E-state index contributed by atoms with van der Waals surface area (Å²) in [5.74, 6) is 1.99. The number of anilines is 3. The van der Waals surface area contributed by atoms with Crippen LogP contribution >= 0.6 is 0 Å². The maximum atomic E-state index is 13.9. The van der Waals surface area contributed by atoms with Crippen LogP contribution in [0.15, 0.2) is 67.3 Å². The van der Waals surface area contributed by atoms with Gasteiger partial charge in [-0.25, -0.2) is 9.97 Å². The molecule has 2 amide bonds. The van der Waals surface area contributed by atoms with Gasteiger partial charge < -0.3 is 20.4 Å². The molecule has 3 aliphatic rings. The standard InChI is InChI=1S/C38H45N11O2/c1-46-26-30(24-43-46)28-8-13-33(41-22-28)49(35(51)25-40-21-27-6-4-3-5-7-27)32-11-9-31(10-12-32)44-37-42-23-29(20-39)36(45-37)48-18-16-38(17-19-48)15-14-34(50)47(38)2/h3-8,13,22-24,26,31-32,40H,9-12,14-19,21,25H2,1-2H3,(H,42,44,45)/t31-,32-. The summed E-state index contributed by atoms with van der Waals surface area (Å²) in [7, 11) is 3.80. The van der Waals surface area contributed by atoms with Crippen molar-refractivity contribution in [3.63, 3.8) is 0 Å². The molecule has 1 saturated carbocycles. The minimum atomic E-state index is -0.0860. The number of pyridine rings is 1. The molecule has 7 rings (SSSR count). The van der Waals surface area contributed by atoms with Crippen molar-refractivity contribution in [2.75, 3.05) is 41.8 Å². The molecule has 3 aromatic heterocycles. The number of nitrogens with one attached hydrogen (secondary N) is 2. The minimum Gasteiger partial charge on any atom is -0.355 e. The third-order valence-corrected chi connectivity index (χ3v) is 10.9. The van der Waals surface area contributed by atoms with Crippen molar-refractivity contribution in [1.29, 1.82) is 5.26 Å². The van der Waals surface area contributed by atoms with Crippen molar-refractivity contribution >= 4 is 29.4 Å². The fraction of sp³-hybridized carbons (Fsp3) is 0.447. The fourth-order valence-corrected chi connectivity index (χ4v) is 7.87. The number of amides is 2. The normalized spacial score (nSPS) is 20.0. The Hall–Kier alpha value is -5.35. The van der Waals surface area contributed by atoms with E-state index in [1.165, 1.54) is 0 Å². The second-order valence-corrected chi connectivity index (χ2v) is 14.0. The van der Waals surface area contributed by atoms with E-state index in [4.69, 9.17) is 9.97 Å². The molecule has 2 aliphatic heterocycles. The van der Waals surface area contributed by atoms with Gasteiger partial charge in [0.05, 0.1) is 18.9 Å². The molecule has 5 heterocycles. The smallest absolute Gasteiger partial charge is 0.242 e. The lowest BCUT2D eigenvalue weighted by Gasteiger charge is -2.44. The summed E-state index contributed by atoms with van der Waals surface area (Å²) in [6.45, 7) is 2.27. The molecule has 0 radical (unpaired) electrons. The Morgan fingerprint density at radius 3 is 2.41 bits per heavy atom. The number of rotatable bonds is 10. The van der Waals surface area contributed by atoms with E-state index in [-0.39, 0.29) is 36.0 Å². The van der Waals surface area contributed by atoms with Gasteiger partial charge in [0.2, 0.25) is 17.8 Å². The van der Waals surface area contributed by atoms with Crippen LogP contribution in [0.2, 0.25) is 0 Å². The van der Waals surface area contributed by atoms with Crippen LogP contribution in [0, 0.1) is 11.3 Å². The monoisotopic (exact) mass is 687 g/mol. The lowest BCUT2D eigenvalue weighted by atomic mass is 9.85. The molecule has 0 unspecified atom stereocenters. The third-order valence-electron chi connectivity index (χ3n) is 10.9. The third kappa shape index (κ3) is 7.42. The minimum absolute atomic E-state index is 0.00969. The fourth-order valence-electron chi connectivity index (χ4n) is 7.87.